The Hall–Kier alpha value is -2.60. The van der Waals surface area contributed by atoms with Crippen molar-refractivity contribution in [3.05, 3.63) is 45.0 Å². The van der Waals surface area contributed by atoms with E-state index in [0.717, 1.165) is 89.0 Å². The fraction of sp³-hybridized carbons (Fsp3) is 0.613. The number of nitrogens with zero attached hydrogens (tertiary/aromatic N) is 2. The van der Waals surface area contributed by atoms with Gasteiger partial charge in [0.15, 0.2) is 17.3 Å². The SMILES string of the molecule is CCc1c2c(c(C)c3c1OC(C)(C1CCC(N(C)C)CC1)O3)C(=O)N(CC1=C(C)C=C(C)CC1=O)CC2. The number of benzene rings is 1. The van der Waals surface area contributed by atoms with Gasteiger partial charge >= 0.3 is 0 Å². The molecular weight excluding hydrogens is 464 g/mol. The number of Topliss-reactive ketones (excluding diaryl/α,β-unsaturated/α-hetero) is 1. The zero-order chi connectivity index (χ0) is 26.6. The highest BCUT2D eigenvalue weighted by Crippen LogP contribution is 2.52. The summed E-state index contributed by atoms with van der Waals surface area (Å²) in [6.45, 7) is 11.2. The molecule has 2 heterocycles. The number of rotatable bonds is 5. The van der Waals surface area contributed by atoms with Crippen LogP contribution in [0.1, 0.15) is 86.8 Å². The van der Waals surface area contributed by atoms with Gasteiger partial charge in [0.05, 0.1) is 0 Å². The van der Waals surface area contributed by atoms with E-state index in [4.69, 9.17) is 9.47 Å². The average molecular weight is 507 g/mol. The lowest BCUT2D eigenvalue weighted by Crippen LogP contribution is -2.46. The number of ketones is 1. The molecule has 0 aromatic heterocycles. The molecule has 5 rings (SSSR count). The molecule has 1 unspecified atom stereocenters. The van der Waals surface area contributed by atoms with Crippen LogP contribution in [-0.2, 0) is 17.6 Å². The number of fused-ring (bicyclic) bond motifs is 2. The summed E-state index contributed by atoms with van der Waals surface area (Å²) in [5.74, 6) is 1.33. The van der Waals surface area contributed by atoms with Crippen molar-refractivity contribution >= 4 is 11.7 Å². The Labute approximate surface area is 221 Å². The molecule has 2 aliphatic carbocycles. The van der Waals surface area contributed by atoms with Crippen LogP contribution in [0.4, 0.5) is 0 Å². The van der Waals surface area contributed by atoms with Gasteiger partial charge in [-0.25, -0.2) is 0 Å². The molecule has 6 nitrogen and oxygen atoms in total. The van der Waals surface area contributed by atoms with Crippen LogP contribution in [0.3, 0.4) is 0 Å². The first-order valence-corrected chi connectivity index (χ1v) is 14.0. The Balaban J connectivity index is 1.44. The summed E-state index contributed by atoms with van der Waals surface area (Å²) in [5, 5.41) is 0. The van der Waals surface area contributed by atoms with E-state index in [1.54, 1.807) is 0 Å². The van der Waals surface area contributed by atoms with Gasteiger partial charge in [0.25, 0.3) is 11.7 Å². The first-order chi connectivity index (χ1) is 17.5. The van der Waals surface area contributed by atoms with E-state index in [2.05, 4.69) is 38.9 Å². The average Bonchev–Trinajstić information content (AvgIpc) is 3.21. The third kappa shape index (κ3) is 4.41. The quantitative estimate of drug-likeness (QED) is 0.535. The minimum absolute atomic E-state index is 0.000630. The molecule has 1 saturated carbocycles. The monoisotopic (exact) mass is 506 g/mol. The largest absolute Gasteiger partial charge is 0.448 e. The minimum atomic E-state index is -0.707. The van der Waals surface area contributed by atoms with Gasteiger partial charge in [-0.15, -0.1) is 0 Å². The summed E-state index contributed by atoms with van der Waals surface area (Å²) in [6, 6.07) is 0.613. The fourth-order valence-electron chi connectivity index (χ4n) is 6.96. The van der Waals surface area contributed by atoms with Crippen LogP contribution < -0.4 is 9.47 Å². The van der Waals surface area contributed by atoms with E-state index in [1.807, 2.05) is 25.7 Å². The van der Waals surface area contributed by atoms with Gasteiger partial charge in [-0.05, 0) is 84.5 Å². The Morgan fingerprint density at radius 1 is 1.05 bits per heavy atom. The molecule has 1 amide bonds. The van der Waals surface area contributed by atoms with Crippen molar-refractivity contribution in [1.82, 2.24) is 9.80 Å². The summed E-state index contributed by atoms with van der Waals surface area (Å²) in [7, 11) is 4.32. The third-order valence-electron chi connectivity index (χ3n) is 9.19. The Kier molecular flexibility index (Phi) is 6.76. The second-order valence-electron chi connectivity index (χ2n) is 11.9. The number of carbonyl (C=O) groups excluding carboxylic acids is 2. The van der Waals surface area contributed by atoms with E-state index in [0.29, 0.717) is 31.5 Å². The summed E-state index contributed by atoms with van der Waals surface area (Å²) in [5.41, 5.74) is 6.65. The zero-order valence-electron chi connectivity index (χ0n) is 23.6. The van der Waals surface area contributed by atoms with Crippen molar-refractivity contribution in [3.8, 4) is 11.5 Å². The standard InChI is InChI=1S/C31H42N2O4/c1-8-23-24-13-14-33(17-25-19(3)15-18(2)16-26(25)34)30(35)27(24)20(4)28-29(23)37-31(5,36-28)21-9-11-22(12-10-21)32(6)7/h15,21-22H,8-14,16-17H2,1-7H3. The summed E-state index contributed by atoms with van der Waals surface area (Å²) in [4.78, 5) is 30.8. The second-order valence-corrected chi connectivity index (χ2v) is 11.9. The van der Waals surface area contributed by atoms with Crippen molar-refractivity contribution in [2.75, 3.05) is 27.2 Å². The molecule has 0 radical (unpaired) electrons. The number of carbonyl (C=O) groups is 2. The molecule has 0 bridgehead atoms. The molecule has 0 saturated heterocycles. The van der Waals surface area contributed by atoms with E-state index >= 15 is 0 Å². The number of hydrogen-bond donors (Lipinski definition) is 0. The molecule has 0 spiro atoms. The lowest BCUT2D eigenvalue weighted by atomic mass is 9.81. The molecule has 1 aromatic carbocycles. The predicted octanol–water partition coefficient (Wildman–Crippen LogP) is 5.40. The molecule has 0 N–H and O–H groups in total. The highest BCUT2D eigenvalue weighted by molar-refractivity contribution is 6.03. The van der Waals surface area contributed by atoms with Gasteiger partial charge in [0.1, 0.15) is 0 Å². The van der Waals surface area contributed by atoms with Crippen molar-refractivity contribution in [3.63, 3.8) is 0 Å². The highest BCUT2D eigenvalue weighted by Gasteiger charge is 2.48. The number of allylic oxidation sites excluding steroid dienone is 3. The molecule has 6 heteroatoms. The lowest BCUT2D eigenvalue weighted by Gasteiger charge is -2.39. The molecule has 4 aliphatic rings. The van der Waals surface area contributed by atoms with E-state index in [1.165, 1.54) is 0 Å². The minimum Gasteiger partial charge on any atom is -0.448 e. The second kappa shape index (κ2) is 9.61. The van der Waals surface area contributed by atoms with Crippen molar-refractivity contribution in [1.29, 1.82) is 0 Å². The van der Waals surface area contributed by atoms with Crippen LogP contribution in [0.5, 0.6) is 11.5 Å². The van der Waals surface area contributed by atoms with Crippen molar-refractivity contribution in [2.45, 2.75) is 91.4 Å². The maximum Gasteiger partial charge on any atom is 0.254 e. The number of ether oxygens (including phenoxy) is 2. The zero-order valence-corrected chi connectivity index (χ0v) is 23.6. The molecule has 1 aromatic rings. The van der Waals surface area contributed by atoms with Crippen molar-refractivity contribution < 1.29 is 19.1 Å². The lowest BCUT2D eigenvalue weighted by molar-refractivity contribution is -0.123. The van der Waals surface area contributed by atoms with E-state index in [-0.39, 0.29) is 11.7 Å². The molecule has 2 aliphatic heterocycles. The number of hydrogen-bond acceptors (Lipinski definition) is 5. The van der Waals surface area contributed by atoms with E-state index in [9.17, 15) is 9.59 Å². The summed E-state index contributed by atoms with van der Waals surface area (Å²) >= 11 is 0. The van der Waals surface area contributed by atoms with Crippen LogP contribution in [-0.4, -0.2) is 60.5 Å². The van der Waals surface area contributed by atoms with Crippen LogP contribution in [0.2, 0.25) is 0 Å². The highest BCUT2D eigenvalue weighted by atomic mass is 16.7. The first kappa shape index (κ1) is 26.0. The van der Waals surface area contributed by atoms with Gasteiger partial charge in [-0.2, -0.15) is 0 Å². The van der Waals surface area contributed by atoms with Crippen LogP contribution >= 0.6 is 0 Å². The first-order valence-electron chi connectivity index (χ1n) is 14.0. The van der Waals surface area contributed by atoms with Gasteiger partial charge in [-0.1, -0.05) is 18.6 Å². The van der Waals surface area contributed by atoms with Gasteiger partial charge in [0, 0.05) is 60.7 Å². The molecule has 1 fully saturated rings. The maximum atomic E-state index is 13.9. The number of amides is 1. The summed E-state index contributed by atoms with van der Waals surface area (Å²) in [6.07, 6.45) is 8.49. The predicted molar refractivity (Wildman–Crippen MR) is 145 cm³/mol. The Bertz CT molecular complexity index is 1200. The van der Waals surface area contributed by atoms with Crippen LogP contribution in [0.25, 0.3) is 0 Å². The molecular formula is C31H42N2O4. The maximum absolute atomic E-state index is 13.9. The summed E-state index contributed by atoms with van der Waals surface area (Å²) < 4.78 is 13.4. The smallest absolute Gasteiger partial charge is 0.254 e. The van der Waals surface area contributed by atoms with Gasteiger partial charge < -0.3 is 19.3 Å². The third-order valence-corrected chi connectivity index (χ3v) is 9.19. The molecule has 1 atom stereocenters. The van der Waals surface area contributed by atoms with Crippen LogP contribution in [0.15, 0.2) is 22.8 Å². The van der Waals surface area contributed by atoms with E-state index < -0.39 is 5.79 Å². The Morgan fingerprint density at radius 2 is 1.73 bits per heavy atom. The fourth-order valence-corrected chi connectivity index (χ4v) is 6.96. The Morgan fingerprint density at radius 3 is 2.35 bits per heavy atom. The normalized spacial score (nSPS) is 27.7. The van der Waals surface area contributed by atoms with Gasteiger partial charge in [0.2, 0.25) is 0 Å². The molecule has 37 heavy (non-hydrogen) atoms. The van der Waals surface area contributed by atoms with Gasteiger partial charge in [-0.3, -0.25) is 9.59 Å². The topological polar surface area (TPSA) is 59.1 Å². The molecule has 200 valence electrons. The van der Waals surface area contributed by atoms with Crippen LogP contribution in [0, 0.1) is 12.8 Å². The van der Waals surface area contributed by atoms with Crippen molar-refractivity contribution in [2.24, 2.45) is 5.92 Å².